The fourth-order valence-corrected chi connectivity index (χ4v) is 4.07. The van der Waals surface area contributed by atoms with Crippen molar-refractivity contribution in [3.8, 4) is 0 Å². The van der Waals surface area contributed by atoms with E-state index < -0.39 is 0 Å². The van der Waals surface area contributed by atoms with Gasteiger partial charge in [-0.3, -0.25) is 0 Å². The van der Waals surface area contributed by atoms with E-state index in [0.29, 0.717) is 0 Å². The van der Waals surface area contributed by atoms with Gasteiger partial charge < -0.3 is 0 Å². The molecule has 0 nitrogen and oxygen atoms in total. The zero-order chi connectivity index (χ0) is 7.59. The molecule has 0 heteroatoms. The van der Waals surface area contributed by atoms with Crippen molar-refractivity contribution in [2.45, 2.75) is 33.1 Å². The van der Waals surface area contributed by atoms with Gasteiger partial charge in [-0.2, -0.15) is 0 Å². The average Bonchev–Trinajstić information content (AvgIpc) is 2.81. The van der Waals surface area contributed by atoms with Crippen LogP contribution in [-0.2, 0) is 0 Å². The molecular formula is C11H18. The second-order valence-corrected chi connectivity index (χ2v) is 5.03. The second kappa shape index (κ2) is 1.84. The molecule has 0 bridgehead atoms. The third kappa shape index (κ3) is 0.666. The first-order valence-electron chi connectivity index (χ1n) is 5.34. The van der Waals surface area contributed by atoms with Crippen molar-refractivity contribution in [1.82, 2.24) is 0 Å². The van der Waals surface area contributed by atoms with E-state index in [9.17, 15) is 0 Å². The molecule has 6 atom stereocenters. The van der Waals surface area contributed by atoms with Crippen LogP contribution in [0.15, 0.2) is 0 Å². The largest absolute Gasteiger partial charge is 0.0654 e. The third-order valence-corrected chi connectivity index (χ3v) is 4.57. The van der Waals surface area contributed by atoms with Crippen molar-refractivity contribution in [1.29, 1.82) is 0 Å². The van der Waals surface area contributed by atoms with Gasteiger partial charge in [-0.15, -0.1) is 0 Å². The highest BCUT2D eigenvalue weighted by molar-refractivity contribution is 5.18. The Hall–Kier alpha value is 0. The lowest BCUT2D eigenvalue weighted by Crippen LogP contribution is -2.04. The summed E-state index contributed by atoms with van der Waals surface area (Å²) < 4.78 is 0. The summed E-state index contributed by atoms with van der Waals surface area (Å²) in [4.78, 5) is 0. The molecule has 11 heavy (non-hydrogen) atoms. The van der Waals surface area contributed by atoms with Gasteiger partial charge in [0, 0.05) is 0 Å². The highest BCUT2D eigenvalue weighted by Crippen LogP contribution is 2.75. The standard InChI is InChI=1S/C11H18/c1-3-4-7-8-5-9(8)11-6(2)10(7)11/h6-11H,3-5H2,1-2H3. The second-order valence-electron chi connectivity index (χ2n) is 5.03. The topological polar surface area (TPSA) is 0 Å². The minimum atomic E-state index is 1.12. The molecule has 0 spiro atoms. The summed E-state index contributed by atoms with van der Waals surface area (Å²) >= 11 is 0. The summed E-state index contributed by atoms with van der Waals surface area (Å²) in [5, 5.41) is 0. The molecule has 6 unspecified atom stereocenters. The van der Waals surface area contributed by atoms with Crippen molar-refractivity contribution in [2.24, 2.45) is 35.5 Å². The van der Waals surface area contributed by atoms with Gasteiger partial charge in [-0.1, -0.05) is 26.7 Å². The Balaban J connectivity index is 1.75. The molecule has 62 valence electrons. The first-order chi connectivity index (χ1) is 5.34. The highest BCUT2D eigenvalue weighted by atomic mass is 14.7. The van der Waals surface area contributed by atoms with Crippen molar-refractivity contribution in [2.75, 3.05) is 0 Å². The normalized spacial score (nSPS) is 63.8. The minimum Gasteiger partial charge on any atom is -0.0654 e. The van der Waals surface area contributed by atoms with E-state index in [1.165, 1.54) is 42.4 Å². The molecule has 3 aliphatic carbocycles. The van der Waals surface area contributed by atoms with E-state index in [1.807, 2.05) is 0 Å². The summed E-state index contributed by atoms with van der Waals surface area (Å²) in [7, 11) is 0. The molecule has 3 rings (SSSR count). The molecule has 0 N–H and O–H groups in total. The number of hydrogen-bond acceptors (Lipinski definition) is 0. The number of hydrogen-bond donors (Lipinski definition) is 0. The van der Waals surface area contributed by atoms with Crippen LogP contribution in [0.3, 0.4) is 0 Å². The Kier molecular flexibility index (Phi) is 1.09. The van der Waals surface area contributed by atoms with E-state index in [2.05, 4.69) is 13.8 Å². The summed E-state index contributed by atoms with van der Waals surface area (Å²) in [6.45, 7) is 4.82. The first kappa shape index (κ1) is 6.51. The minimum absolute atomic E-state index is 1.12. The Labute approximate surface area is 69.4 Å². The SMILES string of the molecule is CCCC1C2CC2C2C(C)C12. The van der Waals surface area contributed by atoms with E-state index in [1.54, 1.807) is 6.42 Å². The smallest absolute Gasteiger partial charge is 0.0321 e. The van der Waals surface area contributed by atoms with Crippen LogP contribution in [0.4, 0.5) is 0 Å². The van der Waals surface area contributed by atoms with Crippen LogP contribution in [0.1, 0.15) is 33.1 Å². The number of rotatable bonds is 2. The molecule has 0 aromatic rings. The zero-order valence-corrected chi connectivity index (χ0v) is 7.59. The van der Waals surface area contributed by atoms with Gasteiger partial charge in [-0.05, 0) is 41.9 Å². The molecule has 3 fully saturated rings. The van der Waals surface area contributed by atoms with Crippen LogP contribution < -0.4 is 0 Å². The molecule has 0 aliphatic heterocycles. The van der Waals surface area contributed by atoms with Crippen molar-refractivity contribution >= 4 is 0 Å². The van der Waals surface area contributed by atoms with Crippen LogP contribution in [0.2, 0.25) is 0 Å². The van der Waals surface area contributed by atoms with Gasteiger partial charge in [0.25, 0.3) is 0 Å². The molecule has 0 radical (unpaired) electrons. The van der Waals surface area contributed by atoms with E-state index in [4.69, 9.17) is 0 Å². The lowest BCUT2D eigenvalue weighted by Gasteiger charge is -2.12. The van der Waals surface area contributed by atoms with Gasteiger partial charge in [0.05, 0.1) is 0 Å². The average molecular weight is 150 g/mol. The lowest BCUT2D eigenvalue weighted by atomic mass is 9.93. The van der Waals surface area contributed by atoms with E-state index in [-0.39, 0.29) is 0 Å². The first-order valence-corrected chi connectivity index (χ1v) is 5.34. The van der Waals surface area contributed by atoms with Gasteiger partial charge in [0.2, 0.25) is 0 Å². The summed E-state index contributed by atoms with van der Waals surface area (Å²) in [6, 6.07) is 0. The van der Waals surface area contributed by atoms with Crippen LogP contribution >= 0.6 is 0 Å². The predicted octanol–water partition coefficient (Wildman–Crippen LogP) is 2.93. The Morgan fingerprint density at radius 3 is 2.64 bits per heavy atom. The fourth-order valence-electron chi connectivity index (χ4n) is 4.07. The van der Waals surface area contributed by atoms with Crippen molar-refractivity contribution < 1.29 is 0 Å². The Bertz CT molecular complexity index is 184. The Morgan fingerprint density at radius 2 is 2.00 bits per heavy atom. The Morgan fingerprint density at radius 1 is 1.18 bits per heavy atom. The zero-order valence-electron chi connectivity index (χ0n) is 7.59. The van der Waals surface area contributed by atoms with Crippen molar-refractivity contribution in [3.05, 3.63) is 0 Å². The molecule has 0 aromatic heterocycles. The predicted molar refractivity (Wildman–Crippen MR) is 46.1 cm³/mol. The maximum absolute atomic E-state index is 2.48. The maximum atomic E-state index is 2.48. The van der Waals surface area contributed by atoms with Gasteiger partial charge in [0.1, 0.15) is 0 Å². The van der Waals surface area contributed by atoms with Crippen LogP contribution in [0, 0.1) is 35.5 Å². The molecule has 3 saturated carbocycles. The molecule has 0 aromatic carbocycles. The quantitative estimate of drug-likeness (QED) is 0.567. The highest BCUT2D eigenvalue weighted by Gasteiger charge is 2.70. The van der Waals surface area contributed by atoms with E-state index in [0.717, 1.165) is 5.92 Å². The molecule has 0 saturated heterocycles. The van der Waals surface area contributed by atoms with Crippen LogP contribution in [0.5, 0.6) is 0 Å². The van der Waals surface area contributed by atoms with E-state index >= 15 is 0 Å². The van der Waals surface area contributed by atoms with Crippen LogP contribution in [-0.4, -0.2) is 0 Å². The third-order valence-electron chi connectivity index (χ3n) is 4.57. The molecule has 3 aliphatic rings. The summed E-state index contributed by atoms with van der Waals surface area (Å²) in [6.07, 6.45) is 4.56. The van der Waals surface area contributed by atoms with Gasteiger partial charge in [0.15, 0.2) is 0 Å². The van der Waals surface area contributed by atoms with Crippen molar-refractivity contribution in [3.63, 3.8) is 0 Å². The fraction of sp³-hybridized carbons (Fsp3) is 1.00. The molecule has 0 heterocycles. The molecule has 0 amide bonds. The maximum Gasteiger partial charge on any atom is -0.0321 e. The monoisotopic (exact) mass is 150 g/mol. The number of fused-ring (bicyclic) bond motifs is 3. The summed E-state index contributed by atoms with van der Waals surface area (Å²) in [5.74, 6) is 7.11. The molecular weight excluding hydrogens is 132 g/mol. The van der Waals surface area contributed by atoms with Crippen LogP contribution in [0.25, 0.3) is 0 Å². The summed E-state index contributed by atoms with van der Waals surface area (Å²) in [5.41, 5.74) is 0. The lowest BCUT2D eigenvalue weighted by molar-refractivity contribution is 0.374. The van der Waals surface area contributed by atoms with Gasteiger partial charge in [-0.25, -0.2) is 0 Å². The van der Waals surface area contributed by atoms with Gasteiger partial charge >= 0.3 is 0 Å².